The van der Waals surface area contributed by atoms with Crippen molar-refractivity contribution in [3.8, 4) is 11.4 Å². The summed E-state index contributed by atoms with van der Waals surface area (Å²) in [6, 6.07) is 10.5. The van der Waals surface area contributed by atoms with Crippen LogP contribution in [-0.4, -0.2) is 9.97 Å². The fraction of sp³-hybridized carbons (Fsp3) is 0.0714. The predicted molar refractivity (Wildman–Crippen MR) is 70.6 cm³/mol. The fourth-order valence-corrected chi connectivity index (χ4v) is 1.97. The van der Waals surface area contributed by atoms with E-state index in [1.54, 1.807) is 18.2 Å². The Hall–Kier alpha value is -2.36. The van der Waals surface area contributed by atoms with Gasteiger partial charge in [0.1, 0.15) is 11.6 Å². The second kappa shape index (κ2) is 3.84. The van der Waals surface area contributed by atoms with Crippen LogP contribution in [0, 0.1) is 12.7 Å². The SMILES string of the molecule is Cc1ccc(-c2nc3ccc(N)cc3[nH]2)c(F)c1. The maximum Gasteiger partial charge on any atom is 0.141 e. The molecule has 1 heterocycles. The van der Waals surface area contributed by atoms with Gasteiger partial charge < -0.3 is 10.7 Å². The maximum absolute atomic E-state index is 13.9. The molecule has 3 N–H and O–H groups in total. The Labute approximate surface area is 103 Å². The van der Waals surface area contributed by atoms with Gasteiger partial charge in [-0.15, -0.1) is 0 Å². The van der Waals surface area contributed by atoms with Crippen LogP contribution in [0.15, 0.2) is 36.4 Å². The highest BCUT2D eigenvalue weighted by atomic mass is 19.1. The first kappa shape index (κ1) is 10.8. The number of fused-ring (bicyclic) bond motifs is 1. The Morgan fingerprint density at radius 2 is 2.00 bits per heavy atom. The van der Waals surface area contributed by atoms with Gasteiger partial charge in [-0.05, 0) is 42.8 Å². The molecule has 0 spiro atoms. The van der Waals surface area contributed by atoms with Gasteiger partial charge in [0, 0.05) is 5.69 Å². The van der Waals surface area contributed by atoms with Crippen LogP contribution in [-0.2, 0) is 0 Å². The van der Waals surface area contributed by atoms with Gasteiger partial charge >= 0.3 is 0 Å². The smallest absolute Gasteiger partial charge is 0.141 e. The van der Waals surface area contributed by atoms with Gasteiger partial charge in [-0.25, -0.2) is 9.37 Å². The number of nitrogen functional groups attached to an aromatic ring is 1. The van der Waals surface area contributed by atoms with E-state index in [-0.39, 0.29) is 5.82 Å². The van der Waals surface area contributed by atoms with E-state index in [0.717, 1.165) is 16.6 Å². The average molecular weight is 241 g/mol. The van der Waals surface area contributed by atoms with Crippen molar-refractivity contribution in [3.05, 3.63) is 47.8 Å². The van der Waals surface area contributed by atoms with E-state index in [0.29, 0.717) is 17.1 Å². The number of halogens is 1. The largest absolute Gasteiger partial charge is 0.399 e. The normalized spacial score (nSPS) is 11.0. The first-order valence-corrected chi connectivity index (χ1v) is 5.65. The summed E-state index contributed by atoms with van der Waals surface area (Å²) in [5.74, 6) is 0.245. The second-order valence-electron chi connectivity index (χ2n) is 4.35. The van der Waals surface area contributed by atoms with Crippen molar-refractivity contribution in [2.75, 3.05) is 5.73 Å². The Morgan fingerprint density at radius 3 is 2.78 bits per heavy atom. The van der Waals surface area contributed by atoms with Crippen LogP contribution in [0.25, 0.3) is 22.4 Å². The number of benzene rings is 2. The zero-order chi connectivity index (χ0) is 12.7. The van der Waals surface area contributed by atoms with Crippen molar-refractivity contribution >= 4 is 16.7 Å². The van der Waals surface area contributed by atoms with Crippen molar-refractivity contribution in [1.82, 2.24) is 9.97 Å². The van der Waals surface area contributed by atoms with Gasteiger partial charge in [0.15, 0.2) is 0 Å². The molecule has 0 radical (unpaired) electrons. The van der Waals surface area contributed by atoms with Gasteiger partial charge in [0.25, 0.3) is 0 Å². The molecule has 0 aliphatic carbocycles. The zero-order valence-electron chi connectivity index (χ0n) is 9.87. The summed E-state index contributed by atoms with van der Waals surface area (Å²) in [7, 11) is 0. The Bertz CT molecular complexity index is 731. The van der Waals surface area contributed by atoms with E-state index in [4.69, 9.17) is 5.73 Å². The van der Waals surface area contributed by atoms with E-state index in [2.05, 4.69) is 9.97 Å². The van der Waals surface area contributed by atoms with E-state index < -0.39 is 0 Å². The number of aromatic amines is 1. The van der Waals surface area contributed by atoms with Crippen LogP contribution < -0.4 is 5.73 Å². The highest BCUT2D eigenvalue weighted by molar-refractivity contribution is 5.82. The molecular weight excluding hydrogens is 229 g/mol. The molecule has 0 fully saturated rings. The highest BCUT2D eigenvalue weighted by Crippen LogP contribution is 2.24. The number of nitrogens with zero attached hydrogens (tertiary/aromatic N) is 1. The van der Waals surface area contributed by atoms with Gasteiger partial charge in [-0.3, -0.25) is 0 Å². The molecular formula is C14H12FN3. The molecule has 0 aliphatic rings. The van der Waals surface area contributed by atoms with Crippen molar-refractivity contribution in [2.45, 2.75) is 6.92 Å². The number of aromatic nitrogens is 2. The van der Waals surface area contributed by atoms with Crippen LogP contribution >= 0.6 is 0 Å². The number of nitrogens with one attached hydrogen (secondary N) is 1. The van der Waals surface area contributed by atoms with E-state index >= 15 is 0 Å². The van der Waals surface area contributed by atoms with Crippen LogP contribution in [0.5, 0.6) is 0 Å². The predicted octanol–water partition coefficient (Wildman–Crippen LogP) is 3.26. The Balaban J connectivity index is 2.19. The third-order valence-electron chi connectivity index (χ3n) is 2.89. The number of H-pyrrole nitrogens is 1. The molecule has 4 heteroatoms. The highest BCUT2D eigenvalue weighted by Gasteiger charge is 2.10. The summed E-state index contributed by atoms with van der Waals surface area (Å²) in [4.78, 5) is 7.45. The van der Waals surface area contributed by atoms with Gasteiger partial charge in [0.05, 0.1) is 16.6 Å². The van der Waals surface area contributed by atoms with Crippen molar-refractivity contribution < 1.29 is 4.39 Å². The molecule has 2 aromatic carbocycles. The molecule has 3 nitrogen and oxygen atoms in total. The number of nitrogens with two attached hydrogens (primary N) is 1. The van der Waals surface area contributed by atoms with Crippen molar-refractivity contribution in [3.63, 3.8) is 0 Å². The van der Waals surface area contributed by atoms with Crippen LogP contribution in [0.1, 0.15) is 5.56 Å². The van der Waals surface area contributed by atoms with Crippen LogP contribution in [0.2, 0.25) is 0 Å². The minimum Gasteiger partial charge on any atom is -0.399 e. The van der Waals surface area contributed by atoms with E-state index in [1.165, 1.54) is 6.07 Å². The number of anilines is 1. The molecule has 0 amide bonds. The second-order valence-corrected chi connectivity index (χ2v) is 4.35. The molecule has 0 unspecified atom stereocenters. The molecule has 1 aromatic heterocycles. The van der Waals surface area contributed by atoms with Crippen molar-refractivity contribution in [1.29, 1.82) is 0 Å². The number of hydrogen-bond acceptors (Lipinski definition) is 2. The summed E-state index contributed by atoms with van der Waals surface area (Å²) < 4.78 is 13.9. The first-order chi connectivity index (χ1) is 8.63. The standard InChI is InChI=1S/C14H12FN3/c1-8-2-4-10(11(15)6-8)14-17-12-5-3-9(16)7-13(12)18-14/h2-7H,16H2,1H3,(H,17,18). The number of aryl methyl sites for hydroxylation is 1. The Kier molecular flexibility index (Phi) is 2.30. The number of imidazole rings is 1. The van der Waals surface area contributed by atoms with Gasteiger partial charge in [-0.2, -0.15) is 0 Å². The fourth-order valence-electron chi connectivity index (χ4n) is 1.97. The molecule has 3 aromatic rings. The quantitative estimate of drug-likeness (QED) is 0.642. The first-order valence-electron chi connectivity index (χ1n) is 5.65. The molecule has 0 saturated heterocycles. The minimum atomic E-state index is -0.276. The summed E-state index contributed by atoms with van der Waals surface area (Å²) in [6.07, 6.45) is 0. The molecule has 0 saturated carbocycles. The molecule has 0 atom stereocenters. The number of hydrogen-bond donors (Lipinski definition) is 2. The van der Waals surface area contributed by atoms with Gasteiger partial charge in [-0.1, -0.05) is 6.07 Å². The third kappa shape index (κ3) is 1.72. The summed E-state index contributed by atoms with van der Waals surface area (Å²) >= 11 is 0. The van der Waals surface area contributed by atoms with E-state index in [9.17, 15) is 4.39 Å². The minimum absolute atomic E-state index is 0.276. The van der Waals surface area contributed by atoms with Gasteiger partial charge in [0.2, 0.25) is 0 Å². The van der Waals surface area contributed by atoms with E-state index in [1.807, 2.05) is 19.1 Å². The molecule has 90 valence electrons. The molecule has 0 bridgehead atoms. The maximum atomic E-state index is 13.9. The summed E-state index contributed by atoms with van der Waals surface area (Å²) in [5, 5.41) is 0. The topological polar surface area (TPSA) is 54.7 Å². The van der Waals surface area contributed by atoms with Crippen LogP contribution in [0.3, 0.4) is 0 Å². The lowest BCUT2D eigenvalue weighted by Crippen LogP contribution is -1.87. The lowest BCUT2D eigenvalue weighted by atomic mass is 10.1. The van der Waals surface area contributed by atoms with Crippen molar-refractivity contribution in [2.24, 2.45) is 0 Å². The number of rotatable bonds is 1. The lowest BCUT2D eigenvalue weighted by molar-refractivity contribution is 0.629. The third-order valence-corrected chi connectivity index (χ3v) is 2.89. The zero-order valence-corrected chi connectivity index (χ0v) is 9.87. The Morgan fingerprint density at radius 1 is 1.17 bits per heavy atom. The lowest BCUT2D eigenvalue weighted by Gasteiger charge is -2.00. The molecule has 3 rings (SSSR count). The summed E-state index contributed by atoms with van der Waals surface area (Å²) in [6.45, 7) is 1.85. The molecule has 18 heavy (non-hydrogen) atoms. The van der Waals surface area contributed by atoms with Crippen LogP contribution in [0.4, 0.5) is 10.1 Å². The monoisotopic (exact) mass is 241 g/mol. The average Bonchev–Trinajstić information content (AvgIpc) is 2.71. The summed E-state index contributed by atoms with van der Waals surface area (Å²) in [5.41, 5.74) is 9.30. The molecule has 0 aliphatic heterocycles.